The number of anilines is 1. The van der Waals surface area contributed by atoms with E-state index in [1.807, 2.05) is 4.90 Å². The maximum Gasteiger partial charge on any atom is 0.453 e. The van der Waals surface area contributed by atoms with Crippen molar-refractivity contribution < 1.29 is 49.4 Å². The van der Waals surface area contributed by atoms with Gasteiger partial charge < -0.3 is 4.74 Å². The number of imide groups is 1. The van der Waals surface area contributed by atoms with Gasteiger partial charge in [0.05, 0.1) is 45.9 Å². The van der Waals surface area contributed by atoms with Crippen molar-refractivity contribution >= 4 is 29.3 Å². The number of rotatable bonds is 9. The average molecular weight is 614 g/mol. The Morgan fingerprint density at radius 1 is 0.976 bits per heavy atom. The molecule has 0 radical (unpaired) electrons. The minimum atomic E-state index is -5.56. The van der Waals surface area contributed by atoms with E-state index in [1.54, 1.807) is 13.8 Å². The first-order valence-electron chi connectivity index (χ1n) is 12.8. The van der Waals surface area contributed by atoms with Crippen LogP contribution in [-0.4, -0.2) is 71.2 Å². The van der Waals surface area contributed by atoms with Crippen LogP contribution in [0.25, 0.3) is 0 Å². The van der Waals surface area contributed by atoms with Crippen LogP contribution in [0, 0.1) is 23.2 Å². The largest absolute Gasteiger partial charge is 0.453 e. The Balaban J connectivity index is 1.39. The normalized spacial score (nSPS) is 28.8. The smallest absolute Gasteiger partial charge is 0.365 e. The molecule has 0 aliphatic carbocycles. The molecular weight excluding hydrogens is 586 g/mol. The lowest BCUT2D eigenvalue weighted by Gasteiger charge is -2.45. The van der Waals surface area contributed by atoms with Crippen molar-refractivity contribution in [2.24, 2.45) is 11.8 Å². The van der Waals surface area contributed by atoms with E-state index in [4.69, 9.17) is 10.00 Å². The summed E-state index contributed by atoms with van der Waals surface area (Å²) in [5, 5.41) is 9.06. The molecule has 3 aliphatic heterocycles. The third-order valence-corrected chi connectivity index (χ3v) is 8.96. The molecule has 1 unspecified atom stereocenters. The predicted octanol–water partition coefficient (Wildman–Crippen LogP) is 5.65. The van der Waals surface area contributed by atoms with E-state index in [-0.39, 0.29) is 31.0 Å². The van der Waals surface area contributed by atoms with Crippen LogP contribution < -0.4 is 4.90 Å². The number of ether oxygens (including phenoxy) is 1. The molecule has 3 fully saturated rings. The number of benzene rings is 1. The molecule has 41 heavy (non-hydrogen) atoms. The minimum Gasteiger partial charge on any atom is -0.365 e. The van der Waals surface area contributed by atoms with Crippen molar-refractivity contribution in [2.45, 2.75) is 62.6 Å². The Hall–Kier alpha value is -2.44. The number of carbonyl (C=O) groups excluding carboxylic acids is 2. The summed E-state index contributed by atoms with van der Waals surface area (Å²) in [6, 6.07) is 4.16. The monoisotopic (exact) mass is 613 g/mol. The first kappa shape index (κ1) is 31.5. The number of alkyl halides is 8. The molecule has 1 aromatic rings. The lowest BCUT2D eigenvalue weighted by atomic mass is 9.79. The van der Waals surface area contributed by atoms with Gasteiger partial charge in [0.25, 0.3) is 0 Å². The van der Waals surface area contributed by atoms with Gasteiger partial charge in [-0.3, -0.25) is 14.5 Å². The zero-order valence-corrected chi connectivity index (χ0v) is 22.9. The number of hydrogen-bond acceptors (Lipinski definition) is 6. The van der Waals surface area contributed by atoms with Gasteiger partial charge in [0.15, 0.2) is 0 Å². The number of thioether (sulfide) groups is 1. The molecule has 3 saturated heterocycles. The predicted molar refractivity (Wildman–Crippen MR) is 132 cm³/mol. The summed E-state index contributed by atoms with van der Waals surface area (Å²) in [6.45, 7) is 4.34. The summed E-state index contributed by atoms with van der Waals surface area (Å²) < 4.78 is 110. The fraction of sp³-hybridized carbons (Fsp3) is 0.654. The molecule has 0 aromatic heterocycles. The fourth-order valence-corrected chi connectivity index (χ4v) is 7.10. The molecule has 2 amide bonds. The van der Waals surface area contributed by atoms with Gasteiger partial charge in [0, 0.05) is 19.5 Å². The van der Waals surface area contributed by atoms with E-state index >= 15 is 0 Å². The number of carbonyl (C=O) groups is 2. The van der Waals surface area contributed by atoms with Crippen LogP contribution in [-0.2, 0) is 20.5 Å². The van der Waals surface area contributed by atoms with Crippen LogP contribution in [0.2, 0.25) is 0 Å². The quantitative estimate of drug-likeness (QED) is 0.204. The lowest BCUT2D eigenvalue weighted by molar-refractivity contribution is -0.284. The van der Waals surface area contributed by atoms with Crippen molar-refractivity contribution in [3.05, 3.63) is 29.3 Å². The van der Waals surface area contributed by atoms with E-state index < -0.39 is 70.7 Å². The summed E-state index contributed by atoms with van der Waals surface area (Å²) in [5.41, 5.74) is -4.38. The van der Waals surface area contributed by atoms with Gasteiger partial charge in [-0.15, -0.1) is 0 Å². The Kier molecular flexibility index (Phi) is 8.20. The molecule has 4 atom stereocenters. The first-order valence-corrected chi connectivity index (χ1v) is 13.9. The lowest BCUT2D eigenvalue weighted by Crippen LogP contribution is -2.58. The molecule has 1 aromatic carbocycles. The summed E-state index contributed by atoms with van der Waals surface area (Å²) in [6.07, 6.45) is -11.4. The number of hydrogen-bond donors (Lipinski definition) is 0. The molecule has 2 bridgehead atoms. The molecule has 6 nitrogen and oxygen atoms in total. The molecule has 0 spiro atoms. The van der Waals surface area contributed by atoms with Crippen LogP contribution in [0.3, 0.4) is 0 Å². The zero-order chi connectivity index (χ0) is 30.6. The van der Waals surface area contributed by atoms with Crippen molar-refractivity contribution in [3.63, 3.8) is 0 Å². The van der Waals surface area contributed by atoms with Gasteiger partial charge in [-0.1, -0.05) is 0 Å². The van der Waals surface area contributed by atoms with E-state index in [0.29, 0.717) is 24.8 Å². The van der Waals surface area contributed by atoms with Gasteiger partial charge in [-0.25, -0.2) is 4.90 Å². The highest BCUT2D eigenvalue weighted by atomic mass is 32.2. The summed E-state index contributed by atoms with van der Waals surface area (Å²) >= 11 is 1.26. The van der Waals surface area contributed by atoms with Gasteiger partial charge >= 0.3 is 18.3 Å². The Morgan fingerprint density at radius 3 is 2.05 bits per heavy atom. The third kappa shape index (κ3) is 5.79. The number of halogens is 8. The minimum absolute atomic E-state index is 0.137. The van der Waals surface area contributed by atoms with Crippen molar-refractivity contribution in [1.29, 1.82) is 5.26 Å². The topological polar surface area (TPSA) is 73.6 Å². The Labute approximate surface area is 235 Å². The highest BCUT2D eigenvalue weighted by Crippen LogP contribution is 2.55. The SMILES string of the molecule is C[C@]12CN(CCCSCCCC(F)(F)C(F)(F)F)C[C@@](C)(O1)[C@@H]1C(=O)N(c3ccc(C#N)c(C(F)(F)F)c3)C(=O)C12. The molecular formula is C26H27F8N3O3S. The van der Waals surface area contributed by atoms with Crippen molar-refractivity contribution in [1.82, 2.24) is 4.90 Å². The van der Waals surface area contributed by atoms with Crippen LogP contribution in [0.5, 0.6) is 0 Å². The molecule has 4 rings (SSSR count). The van der Waals surface area contributed by atoms with Gasteiger partial charge in [0.1, 0.15) is 0 Å². The zero-order valence-electron chi connectivity index (χ0n) is 22.0. The first-order chi connectivity index (χ1) is 18.8. The highest BCUT2D eigenvalue weighted by Gasteiger charge is 2.71. The second-order valence-corrected chi connectivity index (χ2v) is 12.2. The van der Waals surface area contributed by atoms with Gasteiger partial charge in [0.2, 0.25) is 11.8 Å². The molecule has 226 valence electrons. The van der Waals surface area contributed by atoms with Crippen molar-refractivity contribution in [3.8, 4) is 6.07 Å². The second kappa shape index (κ2) is 10.7. The Bertz CT molecular complexity index is 1210. The maximum atomic E-state index is 13.5. The van der Waals surface area contributed by atoms with Gasteiger partial charge in [-0.2, -0.15) is 52.1 Å². The summed E-state index contributed by atoms with van der Waals surface area (Å²) in [7, 11) is 0. The number of likely N-dealkylation sites (tertiary alicyclic amines) is 1. The Morgan fingerprint density at radius 2 is 1.54 bits per heavy atom. The van der Waals surface area contributed by atoms with Crippen LogP contribution in [0.1, 0.15) is 44.2 Å². The van der Waals surface area contributed by atoms with Crippen LogP contribution in [0.4, 0.5) is 40.8 Å². The van der Waals surface area contributed by atoms with E-state index in [2.05, 4.69) is 0 Å². The number of morpholine rings is 1. The maximum absolute atomic E-state index is 13.5. The summed E-state index contributed by atoms with van der Waals surface area (Å²) in [4.78, 5) is 29.8. The van der Waals surface area contributed by atoms with Crippen molar-refractivity contribution in [2.75, 3.05) is 36.0 Å². The molecule has 3 heterocycles. The third-order valence-electron chi connectivity index (χ3n) is 7.81. The molecule has 0 saturated carbocycles. The van der Waals surface area contributed by atoms with Gasteiger partial charge in [-0.05, 0) is 62.9 Å². The average Bonchev–Trinajstić information content (AvgIpc) is 3.21. The summed E-state index contributed by atoms with van der Waals surface area (Å²) in [5.74, 6) is -7.33. The number of nitriles is 1. The standard InChI is InChI=1S/C26H27F8N3O3S/c1-22-13-36(8-4-10-41-9-3-7-24(27,28)26(32,33)34)14-23(2,40-22)19-18(22)20(38)37(21(19)39)16-6-5-15(12-35)17(11-16)25(29,30)31/h5-6,11,18-19H,3-4,7-10,13-14H2,1-2H3/t18-,19?,22+,23+/m0/s1. The molecule has 0 N–H and O–H groups in total. The molecule has 15 heteroatoms. The number of amides is 2. The number of fused-ring (bicyclic) bond motifs is 5. The van der Waals surface area contributed by atoms with E-state index in [0.717, 1.165) is 17.0 Å². The van der Waals surface area contributed by atoms with Crippen LogP contribution in [0.15, 0.2) is 18.2 Å². The highest BCUT2D eigenvalue weighted by molar-refractivity contribution is 7.99. The fourth-order valence-electron chi connectivity index (χ4n) is 6.21. The number of nitrogens with zero attached hydrogens (tertiary/aromatic N) is 3. The van der Waals surface area contributed by atoms with E-state index in [1.165, 1.54) is 17.8 Å². The van der Waals surface area contributed by atoms with Crippen LogP contribution >= 0.6 is 11.8 Å². The second-order valence-electron chi connectivity index (χ2n) is 11.0. The van der Waals surface area contributed by atoms with E-state index in [9.17, 15) is 44.7 Å². The molecule has 3 aliphatic rings.